The summed E-state index contributed by atoms with van der Waals surface area (Å²) in [7, 11) is 0. The molecule has 1 aromatic carbocycles. The van der Waals surface area contributed by atoms with Crippen molar-refractivity contribution in [2.45, 2.75) is 20.0 Å². The summed E-state index contributed by atoms with van der Waals surface area (Å²) in [5, 5.41) is 2.21. The van der Waals surface area contributed by atoms with Crippen LogP contribution in [0.2, 0.25) is 0 Å². The fourth-order valence-electron chi connectivity index (χ4n) is 1.34. The zero-order chi connectivity index (χ0) is 15.8. The first-order valence-electron chi connectivity index (χ1n) is 6.20. The van der Waals surface area contributed by atoms with Crippen molar-refractivity contribution in [1.29, 1.82) is 0 Å². The first-order valence-corrected chi connectivity index (χ1v) is 6.20. The third-order valence-electron chi connectivity index (χ3n) is 2.39. The Morgan fingerprint density at radius 3 is 2.62 bits per heavy atom. The molecule has 1 amide bonds. The Morgan fingerprint density at radius 1 is 1.29 bits per heavy atom. The van der Waals surface area contributed by atoms with Gasteiger partial charge in [-0.1, -0.05) is 18.2 Å². The average Bonchev–Trinajstić information content (AvgIpc) is 2.42. The molecule has 0 bridgehead atoms. The number of anilines is 1. The number of esters is 1. The highest BCUT2D eigenvalue weighted by Crippen LogP contribution is 2.15. The molecule has 1 N–H and O–H groups in total. The molecule has 1 aromatic rings. The van der Waals surface area contributed by atoms with Crippen molar-refractivity contribution < 1.29 is 23.1 Å². The molecule has 0 aliphatic carbocycles. The SMILES string of the molecule is C/C=C/C=C/C(=O)OC(C)C(=O)Nc1ccc(F)cc1F. The minimum Gasteiger partial charge on any atom is -0.449 e. The summed E-state index contributed by atoms with van der Waals surface area (Å²) in [6, 6.07) is 2.74. The Labute approximate surface area is 121 Å². The van der Waals surface area contributed by atoms with E-state index in [1.54, 1.807) is 19.1 Å². The highest BCUT2D eigenvalue weighted by atomic mass is 19.1. The standard InChI is InChI=1S/C15H15F2NO3/c1-3-4-5-6-14(19)21-10(2)15(20)18-13-8-7-11(16)9-12(13)17/h3-10H,1-2H3,(H,18,20)/b4-3+,6-5+. The van der Waals surface area contributed by atoms with Crippen LogP contribution in [0, 0.1) is 11.6 Å². The molecular formula is C15H15F2NO3. The molecule has 4 nitrogen and oxygen atoms in total. The molecule has 0 heterocycles. The molecule has 0 aromatic heterocycles. The number of halogens is 2. The normalized spacial score (nSPS) is 12.6. The van der Waals surface area contributed by atoms with E-state index in [2.05, 4.69) is 5.32 Å². The molecule has 0 aliphatic heterocycles. The van der Waals surface area contributed by atoms with E-state index in [-0.39, 0.29) is 5.69 Å². The highest BCUT2D eigenvalue weighted by Gasteiger charge is 2.18. The Morgan fingerprint density at radius 2 is 2.00 bits per heavy atom. The van der Waals surface area contributed by atoms with Gasteiger partial charge in [0.25, 0.3) is 5.91 Å². The van der Waals surface area contributed by atoms with Gasteiger partial charge in [-0.3, -0.25) is 4.79 Å². The second kappa shape index (κ2) is 7.94. The zero-order valence-electron chi connectivity index (χ0n) is 11.6. The molecular weight excluding hydrogens is 280 g/mol. The van der Waals surface area contributed by atoms with Gasteiger partial charge in [-0.15, -0.1) is 0 Å². The number of hydrogen-bond acceptors (Lipinski definition) is 3. The van der Waals surface area contributed by atoms with Gasteiger partial charge in [0.2, 0.25) is 0 Å². The van der Waals surface area contributed by atoms with Crippen LogP contribution in [0.25, 0.3) is 0 Å². The maximum atomic E-state index is 13.4. The van der Waals surface area contributed by atoms with E-state index in [9.17, 15) is 18.4 Å². The Hall–Kier alpha value is -2.50. The van der Waals surface area contributed by atoms with Crippen LogP contribution in [-0.2, 0) is 14.3 Å². The average molecular weight is 295 g/mol. The van der Waals surface area contributed by atoms with E-state index in [4.69, 9.17) is 4.74 Å². The van der Waals surface area contributed by atoms with Crippen LogP contribution >= 0.6 is 0 Å². The van der Waals surface area contributed by atoms with Gasteiger partial charge in [-0.05, 0) is 26.0 Å². The van der Waals surface area contributed by atoms with E-state index in [1.165, 1.54) is 13.0 Å². The Balaban J connectivity index is 2.60. The number of rotatable bonds is 5. The third-order valence-corrected chi connectivity index (χ3v) is 2.39. The highest BCUT2D eigenvalue weighted by molar-refractivity contribution is 5.96. The predicted molar refractivity (Wildman–Crippen MR) is 74.5 cm³/mol. The van der Waals surface area contributed by atoms with E-state index >= 15 is 0 Å². The van der Waals surface area contributed by atoms with E-state index < -0.39 is 29.6 Å². The molecule has 0 saturated heterocycles. The molecule has 112 valence electrons. The Kier molecular flexibility index (Phi) is 6.26. The molecule has 0 aliphatic rings. The number of amides is 1. The van der Waals surface area contributed by atoms with Gasteiger partial charge in [-0.2, -0.15) is 0 Å². The summed E-state index contributed by atoms with van der Waals surface area (Å²) in [5.74, 6) is -3.07. The van der Waals surface area contributed by atoms with Crippen LogP contribution in [0.1, 0.15) is 13.8 Å². The van der Waals surface area contributed by atoms with Crippen molar-refractivity contribution in [3.8, 4) is 0 Å². The predicted octanol–water partition coefficient (Wildman–Crippen LogP) is 2.97. The number of ether oxygens (including phenoxy) is 1. The van der Waals surface area contributed by atoms with Gasteiger partial charge in [-0.25, -0.2) is 13.6 Å². The topological polar surface area (TPSA) is 55.4 Å². The van der Waals surface area contributed by atoms with Gasteiger partial charge in [0, 0.05) is 12.1 Å². The number of nitrogens with one attached hydrogen (secondary N) is 1. The lowest BCUT2D eigenvalue weighted by Gasteiger charge is -2.12. The van der Waals surface area contributed by atoms with Crippen molar-refractivity contribution in [2.24, 2.45) is 0 Å². The number of hydrogen-bond donors (Lipinski definition) is 1. The van der Waals surface area contributed by atoms with E-state index in [0.29, 0.717) is 6.07 Å². The molecule has 21 heavy (non-hydrogen) atoms. The van der Waals surface area contributed by atoms with Crippen molar-refractivity contribution in [2.75, 3.05) is 5.32 Å². The lowest BCUT2D eigenvalue weighted by molar-refractivity contribution is -0.148. The minimum atomic E-state index is -1.11. The fourth-order valence-corrected chi connectivity index (χ4v) is 1.34. The number of carbonyl (C=O) groups is 2. The molecule has 0 fully saturated rings. The smallest absolute Gasteiger partial charge is 0.331 e. The van der Waals surface area contributed by atoms with E-state index in [1.807, 2.05) is 0 Å². The second-order valence-electron chi connectivity index (χ2n) is 4.08. The number of allylic oxidation sites excluding steroid dienone is 3. The van der Waals surface area contributed by atoms with Crippen LogP contribution in [0.3, 0.4) is 0 Å². The lowest BCUT2D eigenvalue weighted by atomic mass is 10.2. The van der Waals surface area contributed by atoms with Crippen molar-refractivity contribution >= 4 is 17.6 Å². The van der Waals surface area contributed by atoms with Crippen LogP contribution in [-0.4, -0.2) is 18.0 Å². The summed E-state index contributed by atoms with van der Waals surface area (Å²) in [6.07, 6.45) is 4.85. The zero-order valence-corrected chi connectivity index (χ0v) is 11.6. The molecule has 6 heteroatoms. The third kappa shape index (κ3) is 5.56. The maximum Gasteiger partial charge on any atom is 0.331 e. The molecule has 1 rings (SSSR count). The fraction of sp³-hybridized carbons (Fsp3) is 0.200. The molecule has 0 spiro atoms. The van der Waals surface area contributed by atoms with Crippen molar-refractivity contribution in [1.82, 2.24) is 0 Å². The monoisotopic (exact) mass is 295 g/mol. The quantitative estimate of drug-likeness (QED) is 0.516. The van der Waals surface area contributed by atoms with Gasteiger partial charge in [0.05, 0.1) is 5.69 Å². The van der Waals surface area contributed by atoms with Crippen molar-refractivity contribution in [3.63, 3.8) is 0 Å². The van der Waals surface area contributed by atoms with E-state index in [0.717, 1.165) is 18.2 Å². The summed E-state index contributed by atoms with van der Waals surface area (Å²) >= 11 is 0. The minimum absolute atomic E-state index is 0.186. The lowest BCUT2D eigenvalue weighted by Crippen LogP contribution is -2.29. The first kappa shape index (κ1) is 16.6. The largest absolute Gasteiger partial charge is 0.449 e. The molecule has 0 radical (unpaired) electrons. The van der Waals surface area contributed by atoms with Gasteiger partial charge < -0.3 is 10.1 Å². The van der Waals surface area contributed by atoms with Crippen LogP contribution in [0.15, 0.2) is 42.5 Å². The summed E-state index contributed by atoms with van der Waals surface area (Å²) in [6.45, 7) is 3.13. The van der Waals surface area contributed by atoms with Crippen LogP contribution in [0.5, 0.6) is 0 Å². The van der Waals surface area contributed by atoms with Crippen LogP contribution in [0.4, 0.5) is 14.5 Å². The summed E-state index contributed by atoms with van der Waals surface area (Å²) in [4.78, 5) is 23.1. The van der Waals surface area contributed by atoms with Gasteiger partial charge in [0.1, 0.15) is 11.6 Å². The maximum absolute atomic E-state index is 13.4. The van der Waals surface area contributed by atoms with Crippen LogP contribution < -0.4 is 5.32 Å². The molecule has 1 atom stereocenters. The van der Waals surface area contributed by atoms with Crippen molar-refractivity contribution in [3.05, 3.63) is 54.1 Å². The first-order chi connectivity index (χ1) is 9.93. The summed E-state index contributed by atoms with van der Waals surface area (Å²) < 4.78 is 30.9. The number of carbonyl (C=O) groups excluding carboxylic acids is 2. The second-order valence-corrected chi connectivity index (χ2v) is 4.08. The van der Waals surface area contributed by atoms with Gasteiger partial charge in [0.15, 0.2) is 6.10 Å². The van der Waals surface area contributed by atoms with Gasteiger partial charge >= 0.3 is 5.97 Å². The summed E-state index contributed by atoms with van der Waals surface area (Å²) in [5.41, 5.74) is -0.186. The molecule has 0 saturated carbocycles. The molecule has 1 unspecified atom stereocenters. The number of benzene rings is 1. The Bertz CT molecular complexity index is 582.